The second-order valence-corrected chi connectivity index (χ2v) is 8.68. The van der Waals surface area contributed by atoms with Gasteiger partial charge in [-0.15, -0.1) is 0 Å². The third-order valence-electron chi connectivity index (χ3n) is 5.85. The fraction of sp³-hybridized carbons (Fsp3) is 0.296. The number of para-hydroxylation sites is 1. The van der Waals surface area contributed by atoms with Gasteiger partial charge in [0.15, 0.2) is 0 Å². The Morgan fingerprint density at radius 3 is 2.45 bits per heavy atom. The molecule has 2 aromatic carbocycles. The fourth-order valence-corrected chi connectivity index (χ4v) is 3.76. The predicted octanol–water partition coefficient (Wildman–Crippen LogP) is 2.14. The van der Waals surface area contributed by atoms with E-state index in [9.17, 15) is 28.8 Å². The number of halogens is 1. The summed E-state index contributed by atoms with van der Waals surface area (Å²) >= 11 is 0. The minimum Gasteiger partial charge on any atom is -0.426 e. The Labute approximate surface area is 218 Å². The lowest BCUT2D eigenvalue weighted by molar-refractivity contribution is -0.134. The number of benzene rings is 2. The second kappa shape index (κ2) is 12.5. The molecular weight excluding hydrogens is 493 g/mol. The summed E-state index contributed by atoms with van der Waals surface area (Å²) in [5, 5.41) is 14.8. The molecule has 1 aromatic heterocycles. The Morgan fingerprint density at radius 2 is 1.76 bits per heavy atom. The predicted molar refractivity (Wildman–Crippen MR) is 138 cm³/mol. The van der Waals surface area contributed by atoms with Gasteiger partial charge < -0.3 is 15.4 Å². The van der Waals surface area contributed by atoms with E-state index in [2.05, 4.69) is 10.6 Å². The zero-order chi connectivity index (χ0) is 27.8. The zero-order valence-corrected chi connectivity index (χ0v) is 21.3. The number of aromatic nitrogens is 2. The minimum atomic E-state index is -0.667. The second-order valence-electron chi connectivity index (χ2n) is 8.68. The van der Waals surface area contributed by atoms with E-state index >= 15 is 0 Å². The molecule has 2 N–H and O–H groups in total. The molecule has 10 nitrogen and oxygen atoms in total. The highest BCUT2D eigenvalue weighted by molar-refractivity contribution is 5.78. The smallest absolute Gasteiger partial charge is 0.332 e. The Hall–Kier alpha value is -4.72. The summed E-state index contributed by atoms with van der Waals surface area (Å²) in [5.41, 5.74) is 0.892. The van der Waals surface area contributed by atoms with Crippen LogP contribution < -0.4 is 26.6 Å². The van der Waals surface area contributed by atoms with Crippen molar-refractivity contribution in [2.45, 2.75) is 33.2 Å². The number of nitrogens with zero attached hydrogens (tertiary/aromatic N) is 3. The number of hydrogen-bond acceptors (Lipinski definition) is 7. The maximum Gasteiger partial charge on any atom is 0.332 e. The Bertz CT molecular complexity index is 1500. The SMILES string of the molecule is Cc1cccc(C)c1OC(=O)CCNC(=O)CCNc1cc(=O)n(C)c(=O)n1Cc1cc(F)ccc1C#N. The Balaban J connectivity index is 1.58. The summed E-state index contributed by atoms with van der Waals surface area (Å²) < 4.78 is 21.3. The Kier molecular flexibility index (Phi) is 9.16. The molecule has 0 bridgehead atoms. The van der Waals surface area contributed by atoms with Gasteiger partial charge in [-0.25, -0.2) is 9.18 Å². The average molecular weight is 522 g/mol. The molecule has 0 saturated heterocycles. The summed E-state index contributed by atoms with van der Waals surface area (Å²) in [4.78, 5) is 49.4. The van der Waals surface area contributed by atoms with E-state index in [1.165, 1.54) is 23.7 Å². The normalized spacial score (nSPS) is 10.5. The van der Waals surface area contributed by atoms with Crippen LogP contribution >= 0.6 is 0 Å². The van der Waals surface area contributed by atoms with Crippen LogP contribution in [0.3, 0.4) is 0 Å². The van der Waals surface area contributed by atoms with Gasteiger partial charge in [-0.05, 0) is 48.7 Å². The number of ether oxygens (including phenoxy) is 1. The van der Waals surface area contributed by atoms with Gasteiger partial charge in [0.2, 0.25) is 5.91 Å². The van der Waals surface area contributed by atoms with Gasteiger partial charge in [-0.2, -0.15) is 5.26 Å². The van der Waals surface area contributed by atoms with Crippen LogP contribution in [0.5, 0.6) is 5.75 Å². The lowest BCUT2D eigenvalue weighted by Gasteiger charge is -2.16. The number of amides is 1. The number of rotatable bonds is 10. The van der Waals surface area contributed by atoms with Crippen LogP contribution in [0.4, 0.5) is 10.2 Å². The van der Waals surface area contributed by atoms with Crippen molar-refractivity contribution >= 4 is 17.7 Å². The molecule has 0 radical (unpaired) electrons. The van der Waals surface area contributed by atoms with Crippen molar-refractivity contribution in [1.82, 2.24) is 14.5 Å². The maximum absolute atomic E-state index is 13.8. The third kappa shape index (κ3) is 6.94. The zero-order valence-electron chi connectivity index (χ0n) is 21.3. The number of nitrogens with one attached hydrogen (secondary N) is 2. The van der Waals surface area contributed by atoms with Crippen molar-refractivity contribution in [1.29, 1.82) is 5.26 Å². The molecule has 0 fully saturated rings. The van der Waals surface area contributed by atoms with Crippen LogP contribution in [-0.2, 0) is 23.2 Å². The molecule has 3 rings (SSSR count). The van der Waals surface area contributed by atoms with Crippen LogP contribution in [0.25, 0.3) is 0 Å². The highest BCUT2D eigenvalue weighted by atomic mass is 19.1. The number of aryl methyl sites for hydroxylation is 2. The Morgan fingerprint density at radius 1 is 1.05 bits per heavy atom. The van der Waals surface area contributed by atoms with E-state index in [1.54, 1.807) is 0 Å². The van der Waals surface area contributed by atoms with Gasteiger partial charge in [0.05, 0.1) is 24.6 Å². The molecule has 3 aromatic rings. The third-order valence-corrected chi connectivity index (χ3v) is 5.85. The molecule has 1 heterocycles. The first-order valence-corrected chi connectivity index (χ1v) is 11.9. The molecule has 0 aliphatic rings. The first kappa shape index (κ1) is 27.9. The molecule has 0 saturated carbocycles. The van der Waals surface area contributed by atoms with Gasteiger partial charge in [0, 0.05) is 32.6 Å². The fourth-order valence-electron chi connectivity index (χ4n) is 3.76. The van der Waals surface area contributed by atoms with Crippen LogP contribution in [-0.4, -0.2) is 34.1 Å². The van der Waals surface area contributed by atoms with Gasteiger partial charge in [-0.3, -0.25) is 23.5 Å². The summed E-state index contributed by atoms with van der Waals surface area (Å²) in [6, 6.07) is 12.3. The first-order chi connectivity index (χ1) is 18.1. The summed E-state index contributed by atoms with van der Waals surface area (Å²) in [6.07, 6.45) is -0.0329. The first-order valence-electron chi connectivity index (χ1n) is 11.9. The topological polar surface area (TPSA) is 135 Å². The van der Waals surface area contributed by atoms with Crippen molar-refractivity contribution in [3.05, 3.63) is 91.4 Å². The van der Waals surface area contributed by atoms with Crippen molar-refractivity contribution in [2.24, 2.45) is 7.05 Å². The van der Waals surface area contributed by atoms with E-state index in [4.69, 9.17) is 4.74 Å². The van der Waals surface area contributed by atoms with Gasteiger partial charge in [0.25, 0.3) is 5.56 Å². The molecule has 0 atom stereocenters. The van der Waals surface area contributed by atoms with Gasteiger partial charge in [0.1, 0.15) is 17.4 Å². The lowest BCUT2D eigenvalue weighted by atomic mass is 10.1. The lowest BCUT2D eigenvalue weighted by Crippen LogP contribution is -2.39. The number of hydrogen-bond donors (Lipinski definition) is 2. The maximum atomic E-state index is 13.8. The molecule has 198 valence electrons. The average Bonchev–Trinajstić information content (AvgIpc) is 2.87. The van der Waals surface area contributed by atoms with Gasteiger partial charge in [-0.1, -0.05) is 18.2 Å². The van der Waals surface area contributed by atoms with Crippen molar-refractivity contribution in [3.63, 3.8) is 0 Å². The molecule has 38 heavy (non-hydrogen) atoms. The monoisotopic (exact) mass is 521 g/mol. The molecule has 0 spiro atoms. The number of anilines is 1. The number of carbonyl (C=O) groups excluding carboxylic acids is 2. The van der Waals surface area contributed by atoms with E-state index in [1.807, 2.05) is 38.1 Å². The minimum absolute atomic E-state index is 0.0151. The van der Waals surface area contributed by atoms with Crippen molar-refractivity contribution in [2.75, 3.05) is 18.4 Å². The van der Waals surface area contributed by atoms with E-state index in [-0.39, 0.29) is 55.3 Å². The summed E-state index contributed by atoms with van der Waals surface area (Å²) in [5.74, 6) is -0.767. The molecular formula is C27H28FN5O5. The standard InChI is InChI=1S/C27H28FN5O5/c1-17-5-4-6-18(2)26(17)38-25(36)10-12-31-23(34)9-11-30-22-14-24(35)32(3)27(37)33(22)16-20-13-21(28)8-7-19(20)15-29/h4-8,13-14,30H,9-12,16H2,1-3H3,(H,31,34). The summed E-state index contributed by atoms with van der Waals surface area (Å²) in [7, 11) is 1.31. The summed E-state index contributed by atoms with van der Waals surface area (Å²) in [6.45, 7) is 3.67. The highest BCUT2D eigenvalue weighted by Crippen LogP contribution is 2.22. The van der Waals surface area contributed by atoms with Crippen LogP contribution in [0, 0.1) is 31.0 Å². The number of nitriles is 1. The quantitative estimate of drug-likeness (QED) is 0.308. The van der Waals surface area contributed by atoms with Crippen molar-refractivity contribution in [3.8, 4) is 11.8 Å². The molecule has 11 heteroatoms. The molecule has 0 aliphatic heterocycles. The van der Waals surface area contributed by atoms with E-state index < -0.39 is 23.0 Å². The highest BCUT2D eigenvalue weighted by Gasteiger charge is 2.14. The number of esters is 1. The van der Waals surface area contributed by atoms with Crippen molar-refractivity contribution < 1.29 is 18.7 Å². The van der Waals surface area contributed by atoms with Crippen LogP contribution in [0.2, 0.25) is 0 Å². The molecule has 0 aliphatic carbocycles. The van der Waals surface area contributed by atoms with Gasteiger partial charge >= 0.3 is 11.7 Å². The van der Waals surface area contributed by atoms with Crippen LogP contribution in [0.15, 0.2) is 52.1 Å². The largest absolute Gasteiger partial charge is 0.426 e. The van der Waals surface area contributed by atoms with E-state index in [0.717, 1.165) is 27.8 Å². The van der Waals surface area contributed by atoms with Crippen LogP contribution in [0.1, 0.15) is 35.1 Å². The van der Waals surface area contributed by atoms with E-state index in [0.29, 0.717) is 5.75 Å². The molecule has 0 unspecified atom stereocenters. The molecule has 1 amide bonds. The number of carbonyl (C=O) groups is 2.